The van der Waals surface area contributed by atoms with Crippen LogP contribution in [0.4, 0.5) is 5.95 Å². The van der Waals surface area contributed by atoms with Crippen molar-refractivity contribution in [1.29, 1.82) is 0 Å². The van der Waals surface area contributed by atoms with Crippen LogP contribution in [0.3, 0.4) is 0 Å². The molecular formula is C14H18N6O2. The molecule has 0 saturated carbocycles. The highest BCUT2D eigenvalue weighted by molar-refractivity contribution is 5.88. The highest BCUT2D eigenvalue weighted by Crippen LogP contribution is 2.14. The number of anilines is 1. The molecule has 2 aromatic heterocycles. The van der Waals surface area contributed by atoms with Crippen LogP contribution in [-0.4, -0.2) is 61.9 Å². The molecule has 1 N–H and O–H groups in total. The molecule has 1 saturated heterocycles. The molecule has 0 amide bonds. The Bertz CT molecular complexity index is 649. The van der Waals surface area contributed by atoms with Gasteiger partial charge in [-0.25, -0.2) is 14.8 Å². The lowest BCUT2D eigenvalue weighted by Crippen LogP contribution is -2.46. The first-order chi connectivity index (χ1) is 10.6. The molecular weight excluding hydrogens is 284 g/mol. The first-order valence-corrected chi connectivity index (χ1v) is 7.13. The molecule has 0 bridgehead atoms. The summed E-state index contributed by atoms with van der Waals surface area (Å²) in [5.74, 6) is -0.187. The normalized spacial score (nSPS) is 16.0. The Morgan fingerprint density at radius 1 is 1.23 bits per heavy atom. The number of aromatic carboxylic acids is 1. The van der Waals surface area contributed by atoms with Crippen LogP contribution in [0.2, 0.25) is 0 Å². The molecule has 8 heteroatoms. The number of hydrogen-bond donors (Lipinski definition) is 1. The number of aromatic nitrogens is 4. The topological polar surface area (TPSA) is 87.4 Å². The number of carboxylic acid groups (broad SMARTS) is 1. The van der Waals surface area contributed by atoms with Gasteiger partial charge in [-0.2, -0.15) is 5.10 Å². The zero-order chi connectivity index (χ0) is 15.5. The summed E-state index contributed by atoms with van der Waals surface area (Å²) in [4.78, 5) is 24.1. The van der Waals surface area contributed by atoms with E-state index in [1.54, 1.807) is 30.2 Å². The maximum absolute atomic E-state index is 11.2. The second-order valence-corrected chi connectivity index (χ2v) is 5.25. The van der Waals surface area contributed by atoms with Crippen molar-refractivity contribution in [2.45, 2.75) is 6.54 Å². The average molecular weight is 302 g/mol. The van der Waals surface area contributed by atoms with E-state index in [-0.39, 0.29) is 5.56 Å². The van der Waals surface area contributed by atoms with Gasteiger partial charge in [0.05, 0.1) is 11.9 Å². The van der Waals surface area contributed by atoms with Crippen LogP contribution in [-0.2, 0) is 13.6 Å². The molecule has 0 unspecified atom stereocenters. The van der Waals surface area contributed by atoms with Gasteiger partial charge >= 0.3 is 5.97 Å². The summed E-state index contributed by atoms with van der Waals surface area (Å²) in [6.07, 6.45) is 4.89. The van der Waals surface area contributed by atoms with Gasteiger partial charge in [-0.15, -0.1) is 0 Å². The van der Waals surface area contributed by atoms with Crippen molar-refractivity contribution in [3.8, 4) is 0 Å². The highest BCUT2D eigenvalue weighted by atomic mass is 16.4. The zero-order valence-corrected chi connectivity index (χ0v) is 12.4. The lowest BCUT2D eigenvalue weighted by molar-refractivity contribution is 0.0694. The molecule has 3 rings (SSSR count). The van der Waals surface area contributed by atoms with E-state index in [9.17, 15) is 9.90 Å². The van der Waals surface area contributed by atoms with Crippen LogP contribution in [0.25, 0.3) is 0 Å². The fraction of sp³-hybridized carbons (Fsp3) is 0.429. The molecule has 0 aromatic carbocycles. The lowest BCUT2D eigenvalue weighted by atomic mass is 10.2. The summed E-state index contributed by atoms with van der Waals surface area (Å²) in [5.41, 5.74) is 1.01. The van der Waals surface area contributed by atoms with Crippen LogP contribution in [0, 0.1) is 0 Å². The van der Waals surface area contributed by atoms with Crippen molar-refractivity contribution in [3.63, 3.8) is 0 Å². The number of piperazine rings is 1. The summed E-state index contributed by atoms with van der Waals surface area (Å²) in [5, 5.41) is 13.2. The predicted molar refractivity (Wildman–Crippen MR) is 79.7 cm³/mol. The lowest BCUT2D eigenvalue weighted by Gasteiger charge is -2.34. The molecule has 0 atom stereocenters. The van der Waals surface area contributed by atoms with Gasteiger partial charge in [0.1, 0.15) is 5.56 Å². The van der Waals surface area contributed by atoms with Crippen LogP contribution in [0.15, 0.2) is 24.7 Å². The minimum absolute atomic E-state index is 0.274. The van der Waals surface area contributed by atoms with Crippen LogP contribution >= 0.6 is 0 Å². The van der Waals surface area contributed by atoms with E-state index in [1.807, 2.05) is 0 Å². The predicted octanol–water partition coefficient (Wildman–Crippen LogP) is 0.230. The summed E-state index contributed by atoms with van der Waals surface area (Å²) in [7, 11) is 1.77. The Labute approximate surface area is 128 Å². The maximum Gasteiger partial charge on any atom is 0.339 e. The molecule has 116 valence electrons. The van der Waals surface area contributed by atoms with Gasteiger partial charge in [0.2, 0.25) is 5.95 Å². The van der Waals surface area contributed by atoms with Crippen molar-refractivity contribution >= 4 is 11.9 Å². The molecule has 1 aliphatic heterocycles. The number of aryl methyl sites for hydroxylation is 1. The number of carbonyl (C=O) groups is 1. The summed E-state index contributed by atoms with van der Waals surface area (Å²) in [6.45, 7) is 3.90. The maximum atomic E-state index is 11.2. The molecule has 8 nitrogen and oxygen atoms in total. The molecule has 1 fully saturated rings. The van der Waals surface area contributed by atoms with Gasteiger partial charge in [0, 0.05) is 52.2 Å². The van der Waals surface area contributed by atoms with Gasteiger partial charge in [-0.1, -0.05) is 0 Å². The third-order valence-corrected chi connectivity index (χ3v) is 3.87. The summed E-state index contributed by atoms with van der Waals surface area (Å²) >= 11 is 0. The molecule has 0 radical (unpaired) electrons. The molecule has 22 heavy (non-hydrogen) atoms. The van der Waals surface area contributed by atoms with Gasteiger partial charge in [-0.3, -0.25) is 9.58 Å². The summed E-state index contributed by atoms with van der Waals surface area (Å²) < 4.78 is 1.64. The third kappa shape index (κ3) is 2.91. The average Bonchev–Trinajstić information content (AvgIpc) is 2.90. The second kappa shape index (κ2) is 6.10. The van der Waals surface area contributed by atoms with E-state index >= 15 is 0 Å². The van der Waals surface area contributed by atoms with Crippen LogP contribution < -0.4 is 4.90 Å². The number of hydrogen-bond acceptors (Lipinski definition) is 6. The molecule has 2 aromatic rings. The highest BCUT2D eigenvalue weighted by Gasteiger charge is 2.22. The minimum Gasteiger partial charge on any atom is -0.478 e. The van der Waals surface area contributed by atoms with Crippen molar-refractivity contribution in [2.24, 2.45) is 7.05 Å². The minimum atomic E-state index is -0.931. The van der Waals surface area contributed by atoms with Crippen LogP contribution in [0.1, 0.15) is 16.1 Å². The van der Waals surface area contributed by atoms with E-state index in [0.717, 1.165) is 37.8 Å². The standard InChI is InChI=1S/C14H18N6O2/c1-18-12(11(9-17-18)13(21)22)10-19-5-7-20(8-6-19)14-15-3-2-4-16-14/h2-4,9H,5-8,10H2,1H3,(H,21,22). The fourth-order valence-corrected chi connectivity index (χ4v) is 2.60. The molecule has 1 aliphatic rings. The molecule has 0 aliphatic carbocycles. The van der Waals surface area contributed by atoms with Crippen molar-refractivity contribution in [1.82, 2.24) is 24.6 Å². The Morgan fingerprint density at radius 2 is 1.91 bits per heavy atom. The van der Waals surface area contributed by atoms with E-state index in [1.165, 1.54) is 6.20 Å². The Hall–Kier alpha value is -2.48. The smallest absolute Gasteiger partial charge is 0.339 e. The molecule has 3 heterocycles. The third-order valence-electron chi connectivity index (χ3n) is 3.87. The van der Waals surface area contributed by atoms with Crippen molar-refractivity contribution < 1.29 is 9.90 Å². The summed E-state index contributed by atoms with van der Waals surface area (Å²) in [6, 6.07) is 1.80. The fourth-order valence-electron chi connectivity index (χ4n) is 2.60. The number of carboxylic acids is 1. The quantitative estimate of drug-likeness (QED) is 0.865. The van der Waals surface area contributed by atoms with E-state index in [4.69, 9.17) is 0 Å². The van der Waals surface area contributed by atoms with Gasteiger partial charge in [0.25, 0.3) is 0 Å². The Morgan fingerprint density at radius 3 is 2.55 bits per heavy atom. The van der Waals surface area contributed by atoms with Crippen LogP contribution in [0.5, 0.6) is 0 Å². The second-order valence-electron chi connectivity index (χ2n) is 5.25. The molecule has 0 spiro atoms. The first kappa shape index (κ1) is 14.5. The van der Waals surface area contributed by atoms with E-state index in [2.05, 4.69) is 24.9 Å². The first-order valence-electron chi connectivity index (χ1n) is 7.13. The van der Waals surface area contributed by atoms with Crippen molar-refractivity contribution in [2.75, 3.05) is 31.1 Å². The Kier molecular flexibility index (Phi) is 4.01. The Balaban J connectivity index is 1.63. The zero-order valence-electron chi connectivity index (χ0n) is 12.4. The SMILES string of the molecule is Cn1ncc(C(=O)O)c1CN1CCN(c2ncccn2)CC1. The largest absolute Gasteiger partial charge is 0.478 e. The monoisotopic (exact) mass is 302 g/mol. The number of nitrogens with zero attached hydrogens (tertiary/aromatic N) is 6. The van der Waals surface area contributed by atoms with Crippen molar-refractivity contribution in [3.05, 3.63) is 35.9 Å². The van der Waals surface area contributed by atoms with Gasteiger partial charge in [-0.05, 0) is 6.07 Å². The van der Waals surface area contributed by atoms with E-state index < -0.39 is 5.97 Å². The number of rotatable bonds is 4. The van der Waals surface area contributed by atoms with E-state index in [0.29, 0.717) is 6.54 Å². The van der Waals surface area contributed by atoms with Gasteiger partial charge in [0.15, 0.2) is 0 Å². The van der Waals surface area contributed by atoms with Gasteiger partial charge < -0.3 is 10.0 Å².